The van der Waals surface area contributed by atoms with Crippen molar-refractivity contribution in [3.63, 3.8) is 0 Å². The van der Waals surface area contributed by atoms with Crippen molar-refractivity contribution in [1.82, 2.24) is 20.5 Å². The van der Waals surface area contributed by atoms with Gasteiger partial charge in [-0.15, -0.1) is 0 Å². The molecule has 6 heteroatoms. The van der Waals surface area contributed by atoms with Gasteiger partial charge < -0.3 is 0 Å². The highest BCUT2D eigenvalue weighted by Gasteiger charge is 2.21. The van der Waals surface area contributed by atoms with E-state index in [-0.39, 0.29) is 5.84 Å². The predicted molar refractivity (Wildman–Crippen MR) is 109 cm³/mol. The second kappa shape index (κ2) is 6.46. The zero-order valence-corrected chi connectivity index (χ0v) is 15.2. The molecule has 1 aliphatic rings. The number of hydrogen-bond acceptors (Lipinski definition) is 4. The maximum Gasteiger partial charge on any atom is 0.182 e. The van der Waals surface area contributed by atoms with Crippen LogP contribution < -0.4 is 5.32 Å². The van der Waals surface area contributed by atoms with Gasteiger partial charge in [0, 0.05) is 21.9 Å². The third-order valence-corrected chi connectivity index (χ3v) is 5.52. The second-order valence-corrected chi connectivity index (χ2v) is 7.10. The minimum atomic E-state index is 0.102. The first kappa shape index (κ1) is 16.5. The fraction of sp³-hybridized carbons (Fsp3) is 0.182. The standard InChI is InChI=1S/C22H18N6/c23-12-25-22(24)14-7-5-13(6-8-14)21-16-4-2-1-3-15(16)20-17-11-26-28-18(17)9-10-19(20)27-21/h5-11H,1-4H2,(H2,24,25)(H,26,28). The molecule has 0 bridgehead atoms. The number of fused-ring (bicyclic) bond motifs is 5. The molecule has 0 spiro atoms. The summed E-state index contributed by atoms with van der Waals surface area (Å²) in [5.74, 6) is 0.102. The highest BCUT2D eigenvalue weighted by Crippen LogP contribution is 2.37. The van der Waals surface area contributed by atoms with Crippen LogP contribution in [0.4, 0.5) is 0 Å². The van der Waals surface area contributed by atoms with E-state index in [0.29, 0.717) is 5.56 Å². The average Bonchev–Trinajstić information content (AvgIpc) is 3.22. The average molecular weight is 366 g/mol. The smallest absolute Gasteiger partial charge is 0.182 e. The van der Waals surface area contributed by atoms with Crippen LogP contribution >= 0.6 is 0 Å². The molecule has 0 saturated heterocycles. The quantitative estimate of drug-likeness (QED) is 0.215. The van der Waals surface area contributed by atoms with E-state index < -0.39 is 0 Å². The molecule has 0 unspecified atom stereocenters. The number of aromatic nitrogens is 3. The van der Waals surface area contributed by atoms with E-state index in [0.717, 1.165) is 40.5 Å². The fourth-order valence-electron chi connectivity index (χ4n) is 4.21. The molecule has 0 atom stereocenters. The van der Waals surface area contributed by atoms with Crippen LogP contribution in [0.5, 0.6) is 0 Å². The normalized spacial score (nSPS) is 13.2. The molecule has 0 radical (unpaired) electrons. The number of benzene rings is 2. The van der Waals surface area contributed by atoms with Crippen molar-refractivity contribution in [3.05, 3.63) is 59.3 Å². The number of nitrogens with one attached hydrogen (secondary N) is 3. The topological polar surface area (TPSA) is 101 Å². The van der Waals surface area contributed by atoms with Gasteiger partial charge in [0.1, 0.15) is 5.84 Å². The van der Waals surface area contributed by atoms with Crippen molar-refractivity contribution in [2.24, 2.45) is 0 Å². The Morgan fingerprint density at radius 2 is 1.86 bits per heavy atom. The Labute approximate surface area is 161 Å². The van der Waals surface area contributed by atoms with Gasteiger partial charge in [-0.2, -0.15) is 10.4 Å². The largest absolute Gasteiger partial charge is 0.283 e. The summed E-state index contributed by atoms with van der Waals surface area (Å²) in [4.78, 5) is 5.04. The molecule has 1 aliphatic carbocycles. The number of H-pyrrole nitrogens is 1. The Bertz CT molecular complexity index is 1260. The van der Waals surface area contributed by atoms with Gasteiger partial charge in [0.2, 0.25) is 0 Å². The van der Waals surface area contributed by atoms with Crippen LogP contribution in [0.25, 0.3) is 33.1 Å². The number of nitrogens with zero attached hydrogens (tertiary/aromatic N) is 3. The van der Waals surface area contributed by atoms with E-state index in [1.54, 1.807) is 6.19 Å². The number of rotatable bonds is 2. The molecule has 2 aromatic heterocycles. The Morgan fingerprint density at radius 3 is 2.64 bits per heavy atom. The first-order valence-electron chi connectivity index (χ1n) is 9.38. The zero-order chi connectivity index (χ0) is 19.1. The van der Waals surface area contributed by atoms with Crippen LogP contribution in [0.3, 0.4) is 0 Å². The van der Waals surface area contributed by atoms with Gasteiger partial charge in [0.15, 0.2) is 6.19 Å². The number of pyridine rings is 1. The predicted octanol–water partition coefficient (Wildman–Crippen LogP) is 4.05. The number of aromatic amines is 1. The molecular formula is C22H18N6. The lowest BCUT2D eigenvalue weighted by molar-refractivity contribution is 0.689. The van der Waals surface area contributed by atoms with Crippen molar-refractivity contribution in [3.8, 4) is 17.5 Å². The number of amidine groups is 1. The van der Waals surface area contributed by atoms with Gasteiger partial charge in [-0.05, 0) is 48.9 Å². The van der Waals surface area contributed by atoms with Crippen LogP contribution in [0.1, 0.15) is 29.5 Å². The molecule has 0 amide bonds. The van der Waals surface area contributed by atoms with Crippen LogP contribution in [-0.4, -0.2) is 21.0 Å². The number of hydrogen-bond donors (Lipinski definition) is 3. The summed E-state index contributed by atoms with van der Waals surface area (Å²) in [6.45, 7) is 0. The zero-order valence-electron chi connectivity index (χ0n) is 15.2. The third-order valence-electron chi connectivity index (χ3n) is 5.52. The van der Waals surface area contributed by atoms with Gasteiger partial charge in [-0.3, -0.25) is 15.8 Å². The highest BCUT2D eigenvalue weighted by atomic mass is 15.1. The van der Waals surface area contributed by atoms with E-state index in [1.165, 1.54) is 29.4 Å². The van der Waals surface area contributed by atoms with Gasteiger partial charge in [0.25, 0.3) is 0 Å². The Hall–Kier alpha value is -3.72. The molecule has 2 aromatic carbocycles. The summed E-state index contributed by atoms with van der Waals surface area (Å²) in [7, 11) is 0. The monoisotopic (exact) mass is 366 g/mol. The van der Waals surface area contributed by atoms with Gasteiger partial charge in [-0.1, -0.05) is 24.3 Å². The molecule has 4 aromatic rings. The summed E-state index contributed by atoms with van der Waals surface area (Å²) in [5.41, 5.74) is 7.50. The maximum absolute atomic E-state index is 8.70. The van der Waals surface area contributed by atoms with E-state index in [9.17, 15) is 0 Å². The lowest BCUT2D eigenvalue weighted by Gasteiger charge is -2.22. The molecule has 3 N–H and O–H groups in total. The van der Waals surface area contributed by atoms with Crippen LogP contribution in [0.15, 0.2) is 42.6 Å². The van der Waals surface area contributed by atoms with E-state index in [1.807, 2.05) is 36.5 Å². The van der Waals surface area contributed by atoms with Crippen molar-refractivity contribution in [1.29, 1.82) is 10.7 Å². The fourth-order valence-corrected chi connectivity index (χ4v) is 4.21. The van der Waals surface area contributed by atoms with Crippen molar-refractivity contribution >= 4 is 27.6 Å². The second-order valence-electron chi connectivity index (χ2n) is 7.10. The minimum absolute atomic E-state index is 0.102. The van der Waals surface area contributed by atoms with E-state index >= 15 is 0 Å². The molecule has 28 heavy (non-hydrogen) atoms. The lowest BCUT2D eigenvalue weighted by Crippen LogP contribution is -2.17. The Balaban J connectivity index is 1.71. The highest BCUT2D eigenvalue weighted by molar-refractivity contribution is 6.07. The molecule has 0 aliphatic heterocycles. The Kier molecular flexibility index (Phi) is 3.80. The van der Waals surface area contributed by atoms with Crippen molar-refractivity contribution in [2.45, 2.75) is 25.7 Å². The summed E-state index contributed by atoms with van der Waals surface area (Å²) in [5, 5.41) is 28.6. The summed E-state index contributed by atoms with van der Waals surface area (Å²) in [6, 6.07) is 11.8. The number of nitriles is 1. The van der Waals surface area contributed by atoms with Crippen molar-refractivity contribution in [2.75, 3.05) is 0 Å². The molecule has 5 rings (SSSR count). The van der Waals surface area contributed by atoms with E-state index in [4.69, 9.17) is 15.7 Å². The summed E-state index contributed by atoms with van der Waals surface area (Å²) >= 11 is 0. The van der Waals surface area contributed by atoms with Gasteiger partial charge in [0.05, 0.1) is 22.9 Å². The van der Waals surface area contributed by atoms with Gasteiger partial charge >= 0.3 is 0 Å². The van der Waals surface area contributed by atoms with Crippen LogP contribution in [-0.2, 0) is 12.8 Å². The first-order valence-corrected chi connectivity index (χ1v) is 9.38. The molecule has 0 fully saturated rings. The molecular weight excluding hydrogens is 348 g/mol. The molecule has 136 valence electrons. The first-order chi connectivity index (χ1) is 13.8. The Morgan fingerprint density at radius 1 is 1.07 bits per heavy atom. The number of aryl methyl sites for hydroxylation is 1. The summed E-state index contributed by atoms with van der Waals surface area (Å²) in [6.07, 6.45) is 8.13. The maximum atomic E-state index is 8.70. The SMILES string of the molecule is N#CNC(=N)c1ccc(-c2nc3ccc4[nH]ncc4c3c3c2CCCC3)cc1. The lowest BCUT2D eigenvalue weighted by atomic mass is 9.85. The summed E-state index contributed by atoms with van der Waals surface area (Å²) < 4.78 is 0. The van der Waals surface area contributed by atoms with Gasteiger partial charge in [-0.25, -0.2) is 4.98 Å². The third kappa shape index (κ3) is 2.52. The minimum Gasteiger partial charge on any atom is -0.283 e. The van der Waals surface area contributed by atoms with E-state index in [2.05, 4.69) is 21.6 Å². The molecule has 6 nitrogen and oxygen atoms in total. The molecule has 0 saturated carbocycles. The molecule has 2 heterocycles. The van der Waals surface area contributed by atoms with Crippen LogP contribution in [0.2, 0.25) is 0 Å². The van der Waals surface area contributed by atoms with Crippen LogP contribution in [0, 0.1) is 16.9 Å². The van der Waals surface area contributed by atoms with Crippen molar-refractivity contribution < 1.29 is 0 Å².